The van der Waals surface area contributed by atoms with E-state index >= 15 is 0 Å². The summed E-state index contributed by atoms with van der Waals surface area (Å²) in [7, 11) is 0. The Hall–Kier alpha value is -3.20. The zero-order valence-corrected chi connectivity index (χ0v) is 29.6. The summed E-state index contributed by atoms with van der Waals surface area (Å²) in [4.78, 5) is 32.0. The van der Waals surface area contributed by atoms with Crippen LogP contribution in [0.3, 0.4) is 0 Å². The van der Waals surface area contributed by atoms with Crippen LogP contribution < -0.4 is 10.2 Å². The number of ether oxygens (including phenoxy) is 1. The Labute approximate surface area is 282 Å². The normalized spacial score (nSPS) is 12.3. The lowest BCUT2D eigenvalue weighted by atomic mass is 9.97. The maximum atomic E-state index is 14.0. The summed E-state index contributed by atoms with van der Waals surface area (Å²) in [5.41, 5.74) is 3.45. The summed E-state index contributed by atoms with van der Waals surface area (Å²) < 4.78 is 13.5. The molecule has 2 N–H and O–H groups in total. The number of carbonyl (C=O) groups is 2. The Bertz CT molecular complexity index is 1340. The van der Waals surface area contributed by atoms with Crippen LogP contribution >= 0.6 is 0 Å². The number of nitrogens with one attached hydrogen (secondary N) is 1. The molecule has 0 saturated carbocycles. The molecule has 0 bridgehead atoms. The third-order valence-electron chi connectivity index (χ3n) is 8.86. The first-order chi connectivity index (χ1) is 22.9. The summed E-state index contributed by atoms with van der Waals surface area (Å²) >= 11 is 0. The van der Waals surface area contributed by atoms with Gasteiger partial charge in [-0.3, -0.25) is 19.7 Å². The largest absolute Gasteiger partial charge is 0.470 e. The van der Waals surface area contributed by atoms with Gasteiger partial charge in [-0.2, -0.15) is 0 Å². The zero-order chi connectivity index (χ0) is 34.0. The number of hydrogen-bond acceptors (Lipinski definition) is 7. The van der Waals surface area contributed by atoms with Crippen molar-refractivity contribution in [1.29, 1.82) is 0 Å². The van der Waals surface area contributed by atoms with Crippen molar-refractivity contribution < 1.29 is 24.0 Å². The van der Waals surface area contributed by atoms with Crippen molar-refractivity contribution >= 4 is 22.7 Å². The minimum absolute atomic E-state index is 0.118. The molecular weight excluding hydrogens is 590 g/mol. The Kier molecular flexibility index (Phi) is 17.0. The molecule has 0 aliphatic heterocycles. The molecule has 1 amide bonds. The number of benzene rings is 2. The van der Waals surface area contributed by atoms with Gasteiger partial charge in [-0.15, -0.1) is 0 Å². The molecule has 2 aromatic carbocycles. The van der Waals surface area contributed by atoms with Crippen molar-refractivity contribution in [2.45, 2.75) is 118 Å². The lowest BCUT2D eigenvalue weighted by Gasteiger charge is -2.34. The van der Waals surface area contributed by atoms with E-state index in [4.69, 9.17) is 9.15 Å². The molecular formula is C39H59N3O5. The number of ketones is 1. The van der Waals surface area contributed by atoms with E-state index < -0.39 is 5.91 Å². The Morgan fingerprint density at radius 3 is 1.96 bits per heavy atom. The van der Waals surface area contributed by atoms with Crippen molar-refractivity contribution in [3.8, 4) is 5.75 Å². The average Bonchev–Trinajstić information content (AvgIpc) is 3.48. The highest BCUT2D eigenvalue weighted by Crippen LogP contribution is 2.38. The molecule has 8 nitrogen and oxygen atoms in total. The van der Waals surface area contributed by atoms with Crippen LogP contribution in [0.25, 0.3) is 11.0 Å². The molecule has 0 fully saturated rings. The van der Waals surface area contributed by atoms with E-state index in [2.05, 4.69) is 44.4 Å². The number of carbonyl (C=O) groups excluding carboxylic acids is 2. The Morgan fingerprint density at radius 1 is 0.787 bits per heavy atom. The highest BCUT2D eigenvalue weighted by atomic mass is 16.5. The number of aryl methyl sites for hydroxylation is 1. The maximum absolute atomic E-state index is 14.0. The molecule has 0 spiro atoms. The zero-order valence-electron chi connectivity index (χ0n) is 29.6. The molecule has 47 heavy (non-hydrogen) atoms. The van der Waals surface area contributed by atoms with Crippen LogP contribution in [0.2, 0.25) is 0 Å². The van der Waals surface area contributed by atoms with Gasteiger partial charge in [-0.05, 0) is 57.3 Å². The molecule has 8 heteroatoms. The van der Waals surface area contributed by atoms with Gasteiger partial charge in [0, 0.05) is 43.4 Å². The maximum Gasteiger partial charge on any atom is 0.278 e. The van der Waals surface area contributed by atoms with E-state index in [-0.39, 0.29) is 23.3 Å². The summed E-state index contributed by atoms with van der Waals surface area (Å²) in [5, 5.41) is 10.4. The fraction of sp³-hybridized carbons (Fsp3) is 0.590. The Morgan fingerprint density at radius 2 is 1.38 bits per heavy atom. The van der Waals surface area contributed by atoms with Crippen LogP contribution in [0, 0.1) is 0 Å². The van der Waals surface area contributed by atoms with Gasteiger partial charge in [-0.1, -0.05) is 97.1 Å². The molecule has 1 heterocycles. The second kappa shape index (κ2) is 20.9. The molecule has 3 aromatic rings. The second-order valence-electron chi connectivity index (χ2n) is 12.6. The molecule has 1 aromatic heterocycles. The molecule has 260 valence electrons. The number of furan rings is 1. The quantitative estimate of drug-likeness (QED) is 0.0433. The molecule has 0 aliphatic carbocycles. The van der Waals surface area contributed by atoms with E-state index in [0.717, 1.165) is 103 Å². The average molecular weight is 650 g/mol. The third-order valence-corrected chi connectivity index (χ3v) is 8.86. The van der Waals surface area contributed by atoms with Crippen molar-refractivity contribution in [2.24, 2.45) is 0 Å². The molecule has 1 unspecified atom stereocenters. The minimum Gasteiger partial charge on any atom is -0.470 e. The molecule has 0 radical (unpaired) electrons. The SMILES string of the molecule is CCCCc1oc2c(OC(CCN(CCCC)CCCC)N(CCCC)CCCC)c(C(=O)NO)ccc2c1C(=O)c1ccccc1. The first-order valence-electron chi connectivity index (χ1n) is 18.2. The van der Waals surface area contributed by atoms with Crippen molar-refractivity contribution in [3.63, 3.8) is 0 Å². The second-order valence-corrected chi connectivity index (χ2v) is 12.6. The number of unbranched alkanes of at least 4 members (excludes halogenated alkanes) is 5. The summed E-state index contributed by atoms with van der Waals surface area (Å²) in [5.74, 6) is 0.0740. The van der Waals surface area contributed by atoms with E-state index in [1.54, 1.807) is 12.1 Å². The van der Waals surface area contributed by atoms with Crippen LogP contribution in [0.4, 0.5) is 0 Å². The van der Waals surface area contributed by atoms with Gasteiger partial charge in [0.15, 0.2) is 23.3 Å². The van der Waals surface area contributed by atoms with Crippen molar-refractivity contribution in [2.75, 3.05) is 32.7 Å². The van der Waals surface area contributed by atoms with Gasteiger partial charge in [0.05, 0.1) is 11.1 Å². The molecule has 3 rings (SSSR count). The predicted octanol–water partition coefficient (Wildman–Crippen LogP) is 9.02. The van der Waals surface area contributed by atoms with Crippen LogP contribution in [0.5, 0.6) is 5.75 Å². The van der Waals surface area contributed by atoms with E-state index in [1.807, 2.05) is 35.8 Å². The molecule has 0 saturated heterocycles. The highest BCUT2D eigenvalue weighted by molar-refractivity contribution is 6.18. The van der Waals surface area contributed by atoms with Crippen molar-refractivity contribution in [3.05, 3.63) is 64.9 Å². The topological polar surface area (TPSA) is 95.2 Å². The monoisotopic (exact) mass is 649 g/mol. The minimum atomic E-state index is -0.677. The van der Waals surface area contributed by atoms with Gasteiger partial charge < -0.3 is 14.1 Å². The van der Waals surface area contributed by atoms with E-state index in [9.17, 15) is 14.8 Å². The fourth-order valence-corrected chi connectivity index (χ4v) is 6.00. The smallest absolute Gasteiger partial charge is 0.278 e. The molecule has 0 aliphatic rings. The number of hydrogen-bond donors (Lipinski definition) is 2. The lowest BCUT2D eigenvalue weighted by molar-refractivity contribution is 0.00884. The summed E-state index contributed by atoms with van der Waals surface area (Å²) in [6, 6.07) is 12.6. The number of rotatable bonds is 24. The number of nitrogens with zero attached hydrogens (tertiary/aromatic N) is 2. The Balaban J connectivity index is 2.17. The van der Waals surface area contributed by atoms with Gasteiger partial charge >= 0.3 is 0 Å². The van der Waals surface area contributed by atoms with Crippen molar-refractivity contribution in [1.82, 2.24) is 15.3 Å². The molecule has 1 atom stereocenters. The lowest BCUT2D eigenvalue weighted by Crippen LogP contribution is -2.43. The third kappa shape index (κ3) is 10.9. The number of amides is 1. The van der Waals surface area contributed by atoms with E-state index in [1.165, 1.54) is 0 Å². The van der Waals surface area contributed by atoms with Gasteiger partial charge in [0.25, 0.3) is 5.91 Å². The van der Waals surface area contributed by atoms with Gasteiger partial charge in [0.2, 0.25) is 0 Å². The standard InChI is InChI=1S/C39H59N3O5/c1-6-11-21-33-35(36(43)30-19-17-16-18-20-30)31-22-23-32(39(44)40-45)38(37(31)46-33)47-34(42(27-14-9-4)28-15-10-5)24-29-41(25-12-7-2)26-13-8-3/h16-20,22-23,34,45H,6-15,21,24-29H2,1-5H3,(H,40,44). The van der Waals surface area contributed by atoms with E-state index in [0.29, 0.717) is 34.3 Å². The van der Waals surface area contributed by atoms with Crippen LogP contribution in [0.1, 0.15) is 137 Å². The van der Waals surface area contributed by atoms with Crippen LogP contribution in [0.15, 0.2) is 46.9 Å². The van der Waals surface area contributed by atoms with Crippen LogP contribution in [-0.2, 0) is 6.42 Å². The van der Waals surface area contributed by atoms with Gasteiger partial charge in [0.1, 0.15) is 5.76 Å². The van der Waals surface area contributed by atoms with Gasteiger partial charge in [-0.25, -0.2) is 5.48 Å². The first-order valence-corrected chi connectivity index (χ1v) is 18.2. The summed E-state index contributed by atoms with van der Waals surface area (Å²) in [6.45, 7) is 15.7. The van der Waals surface area contributed by atoms with Crippen LogP contribution in [-0.4, -0.2) is 65.6 Å². The highest BCUT2D eigenvalue weighted by Gasteiger charge is 2.30. The number of fused-ring (bicyclic) bond motifs is 1. The summed E-state index contributed by atoms with van der Waals surface area (Å²) in [6.07, 6.45) is 11.6. The predicted molar refractivity (Wildman–Crippen MR) is 191 cm³/mol. The first kappa shape index (κ1) is 38.2. The fourth-order valence-electron chi connectivity index (χ4n) is 6.00. The number of hydroxylamine groups is 1.